The predicted octanol–water partition coefficient (Wildman–Crippen LogP) is 5.12. The number of rotatable bonds is 8. The van der Waals surface area contributed by atoms with Crippen molar-refractivity contribution in [3.63, 3.8) is 0 Å². The summed E-state index contributed by atoms with van der Waals surface area (Å²) < 4.78 is 0. The summed E-state index contributed by atoms with van der Waals surface area (Å²) in [5.41, 5.74) is 9.56. The molecule has 6 heteroatoms. The summed E-state index contributed by atoms with van der Waals surface area (Å²) in [4.78, 5) is 16.9. The Balaban J connectivity index is 1.83. The number of para-hydroxylation sites is 1. The molecular weight excluding hydrogens is 408 g/mol. The number of nitrogens with zero attached hydrogens (tertiary/aromatic N) is 2. The summed E-state index contributed by atoms with van der Waals surface area (Å²) in [5.74, 6) is 0.425. The van der Waals surface area contributed by atoms with E-state index in [4.69, 9.17) is 17.3 Å². The predicted molar refractivity (Wildman–Crippen MR) is 128 cm³/mol. The van der Waals surface area contributed by atoms with Gasteiger partial charge in [0, 0.05) is 37.4 Å². The molecule has 3 aromatic carbocycles. The largest absolute Gasteiger partial charge is 0.386 e. The highest BCUT2D eigenvalue weighted by Crippen LogP contribution is 2.19. The molecule has 160 valence electrons. The van der Waals surface area contributed by atoms with Gasteiger partial charge in [-0.15, -0.1) is 0 Å². The molecule has 0 aromatic heterocycles. The first kappa shape index (κ1) is 22.2. The van der Waals surface area contributed by atoms with E-state index >= 15 is 0 Å². The maximum Gasteiger partial charge on any atom is 0.324 e. The number of nitrogens with two attached hydrogens (primary N) is 1. The third kappa shape index (κ3) is 6.52. The van der Waals surface area contributed by atoms with Gasteiger partial charge in [0.1, 0.15) is 0 Å². The number of carbonyl (C=O) groups is 1. The quantitative estimate of drug-likeness (QED) is 0.517. The van der Waals surface area contributed by atoms with Gasteiger partial charge in [-0.1, -0.05) is 72.8 Å². The maximum atomic E-state index is 13.4. The number of anilines is 1. The third-order valence-electron chi connectivity index (χ3n) is 4.87. The van der Waals surface area contributed by atoms with Gasteiger partial charge in [0.2, 0.25) is 0 Å². The summed E-state index contributed by atoms with van der Waals surface area (Å²) in [5, 5.41) is 3.70. The fourth-order valence-electron chi connectivity index (χ4n) is 3.25. The fraction of sp³-hybridized carbons (Fsp3) is 0.160. The van der Waals surface area contributed by atoms with Gasteiger partial charge in [-0.2, -0.15) is 0 Å². The number of amides is 2. The molecule has 0 aliphatic heterocycles. The fourth-order valence-corrected chi connectivity index (χ4v) is 3.38. The minimum absolute atomic E-state index is 0.0833. The zero-order chi connectivity index (χ0) is 22.2. The normalized spacial score (nSPS) is 10.4. The van der Waals surface area contributed by atoms with Crippen molar-refractivity contribution in [3.8, 4) is 0 Å². The lowest BCUT2D eigenvalue weighted by Crippen LogP contribution is -2.40. The summed E-state index contributed by atoms with van der Waals surface area (Å²) >= 11 is 6.03. The lowest BCUT2D eigenvalue weighted by Gasteiger charge is -2.29. The molecule has 0 bridgehead atoms. The summed E-state index contributed by atoms with van der Waals surface area (Å²) in [7, 11) is 1.79. The first-order valence-corrected chi connectivity index (χ1v) is 10.4. The third-order valence-corrected chi connectivity index (χ3v) is 5.12. The first-order valence-electron chi connectivity index (χ1n) is 10.0. The topological polar surface area (TPSA) is 61.6 Å². The van der Waals surface area contributed by atoms with Crippen LogP contribution in [0.2, 0.25) is 5.02 Å². The van der Waals surface area contributed by atoms with Crippen LogP contribution in [-0.2, 0) is 19.6 Å². The van der Waals surface area contributed by atoms with Crippen molar-refractivity contribution in [3.05, 3.63) is 113 Å². The molecule has 2 amide bonds. The Morgan fingerprint density at radius 2 is 1.58 bits per heavy atom. The van der Waals surface area contributed by atoms with E-state index in [9.17, 15) is 4.79 Å². The minimum atomic E-state index is -0.0833. The van der Waals surface area contributed by atoms with Crippen molar-refractivity contribution in [1.29, 1.82) is 0 Å². The Morgan fingerprint density at radius 1 is 0.935 bits per heavy atom. The minimum Gasteiger partial charge on any atom is -0.386 e. The van der Waals surface area contributed by atoms with Crippen molar-refractivity contribution >= 4 is 23.3 Å². The lowest BCUT2D eigenvalue weighted by atomic mass is 10.1. The summed E-state index contributed by atoms with van der Waals surface area (Å²) in [6.07, 6.45) is 0. The molecule has 3 N–H and O–H groups in total. The number of hydrogen-bond acceptors (Lipinski definition) is 3. The average Bonchev–Trinajstić information content (AvgIpc) is 2.78. The number of halogens is 1. The van der Waals surface area contributed by atoms with Crippen LogP contribution in [0.5, 0.6) is 0 Å². The highest BCUT2D eigenvalue weighted by atomic mass is 35.5. The van der Waals surface area contributed by atoms with Gasteiger partial charge in [0.15, 0.2) is 0 Å². The van der Waals surface area contributed by atoms with Gasteiger partial charge in [-0.25, -0.2) is 4.79 Å². The summed E-state index contributed by atoms with van der Waals surface area (Å²) in [6, 6.07) is 25.2. The Morgan fingerprint density at radius 3 is 2.26 bits per heavy atom. The molecule has 3 aromatic rings. The Labute approximate surface area is 188 Å². The molecule has 0 fully saturated rings. The number of urea groups is 1. The van der Waals surface area contributed by atoms with Crippen LogP contribution in [0.15, 0.2) is 91.3 Å². The Bertz CT molecular complexity index is 1020. The lowest BCUT2D eigenvalue weighted by molar-refractivity contribution is 0.200. The zero-order valence-electron chi connectivity index (χ0n) is 17.6. The number of hydrogen-bond donors (Lipinski definition) is 2. The second-order valence-electron chi connectivity index (χ2n) is 7.36. The van der Waals surface area contributed by atoms with Crippen molar-refractivity contribution < 1.29 is 4.79 Å². The van der Waals surface area contributed by atoms with Crippen molar-refractivity contribution in [2.24, 2.45) is 5.73 Å². The smallest absolute Gasteiger partial charge is 0.324 e. The molecule has 5 nitrogen and oxygen atoms in total. The van der Waals surface area contributed by atoms with Crippen LogP contribution in [0.4, 0.5) is 10.5 Å². The van der Waals surface area contributed by atoms with E-state index < -0.39 is 0 Å². The van der Waals surface area contributed by atoms with Crippen LogP contribution in [-0.4, -0.2) is 18.0 Å². The van der Waals surface area contributed by atoms with E-state index in [0.717, 1.165) is 22.4 Å². The second kappa shape index (κ2) is 10.5. The molecule has 0 saturated heterocycles. The van der Waals surface area contributed by atoms with Crippen LogP contribution in [0.3, 0.4) is 0 Å². The van der Waals surface area contributed by atoms with Crippen LogP contribution in [0.25, 0.3) is 0 Å². The molecule has 0 spiro atoms. The van der Waals surface area contributed by atoms with Crippen LogP contribution in [0.1, 0.15) is 16.7 Å². The molecule has 3 rings (SSSR count). The molecule has 0 atom stereocenters. The maximum absolute atomic E-state index is 13.4. The molecule has 0 aliphatic rings. The molecule has 0 unspecified atom stereocenters. The van der Waals surface area contributed by atoms with Gasteiger partial charge < -0.3 is 16.0 Å². The molecule has 0 radical (unpaired) electrons. The van der Waals surface area contributed by atoms with E-state index in [0.29, 0.717) is 30.5 Å². The van der Waals surface area contributed by atoms with Gasteiger partial charge in [-0.05, 0) is 41.0 Å². The standard InChI is InChI=1S/C25H27ClN4O/c1-19(27)28-16-21-7-6-8-22(15-21)18-30(17-20-11-13-23(26)14-12-20)25(31)29(2)24-9-4-3-5-10-24/h3-15,28H,1,16-18,27H2,2H3. The molecule has 0 heterocycles. The van der Waals surface area contributed by atoms with E-state index in [1.807, 2.05) is 77.7 Å². The number of nitrogens with one attached hydrogen (secondary N) is 1. The second-order valence-corrected chi connectivity index (χ2v) is 7.79. The average molecular weight is 435 g/mol. The van der Waals surface area contributed by atoms with Gasteiger partial charge in [0.25, 0.3) is 0 Å². The molecule has 0 aliphatic carbocycles. The molecular formula is C25H27ClN4O. The Hall–Kier alpha value is -3.44. The highest BCUT2D eigenvalue weighted by molar-refractivity contribution is 6.30. The highest BCUT2D eigenvalue weighted by Gasteiger charge is 2.20. The van der Waals surface area contributed by atoms with E-state index in [1.54, 1.807) is 11.9 Å². The zero-order valence-corrected chi connectivity index (χ0v) is 18.3. The first-order chi connectivity index (χ1) is 14.9. The van der Waals surface area contributed by atoms with E-state index in [-0.39, 0.29) is 6.03 Å². The molecule has 31 heavy (non-hydrogen) atoms. The van der Waals surface area contributed by atoms with Crippen molar-refractivity contribution in [1.82, 2.24) is 10.2 Å². The Kier molecular flexibility index (Phi) is 7.57. The van der Waals surface area contributed by atoms with Crippen LogP contribution >= 0.6 is 11.6 Å². The van der Waals surface area contributed by atoms with Gasteiger partial charge in [-0.3, -0.25) is 4.90 Å². The van der Waals surface area contributed by atoms with Gasteiger partial charge >= 0.3 is 6.03 Å². The monoisotopic (exact) mass is 434 g/mol. The summed E-state index contributed by atoms with van der Waals surface area (Å²) in [6.45, 7) is 5.18. The van der Waals surface area contributed by atoms with Crippen molar-refractivity contribution in [2.45, 2.75) is 19.6 Å². The van der Waals surface area contributed by atoms with E-state index in [1.165, 1.54) is 0 Å². The SMILES string of the molecule is C=C(N)NCc1cccc(CN(Cc2ccc(Cl)cc2)C(=O)N(C)c2ccccc2)c1. The number of carbonyl (C=O) groups excluding carboxylic acids is 1. The number of benzene rings is 3. The van der Waals surface area contributed by atoms with Crippen LogP contribution < -0.4 is 16.0 Å². The molecule has 0 saturated carbocycles. The van der Waals surface area contributed by atoms with E-state index in [2.05, 4.69) is 18.0 Å². The van der Waals surface area contributed by atoms with Gasteiger partial charge in [0.05, 0.1) is 5.82 Å². The van der Waals surface area contributed by atoms with Crippen molar-refractivity contribution in [2.75, 3.05) is 11.9 Å². The van der Waals surface area contributed by atoms with Crippen LogP contribution in [0, 0.1) is 0 Å².